The molecule has 1 N–H and O–H groups in total. The molecular formula is C10H13ClN4O. The second-order valence-electron chi connectivity index (χ2n) is 3.67. The van der Waals surface area contributed by atoms with Crippen LogP contribution in [0.25, 0.3) is 0 Å². The zero-order chi connectivity index (χ0) is 11.5. The lowest BCUT2D eigenvalue weighted by molar-refractivity contribution is -0.121. The van der Waals surface area contributed by atoms with Gasteiger partial charge in [-0.05, 0) is 12.8 Å². The van der Waals surface area contributed by atoms with Gasteiger partial charge in [-0.15, -0.1) is 0 Å². The van der Waals surface area contributed by atoms with Gasteiger partial charge in [-0.3, -0.25) is 9.78 Å². The summed E-state index contributed by atoms with van der Waals surface area (Å²) in [6.07, 6.45) is 4.93. The Kier molecular flexibility index (Phi) is 3.24. The fourth-order valence-corrected chi connectivity index (χ4v) is 2.09. The van der Waals surface area contributed by atoms with Crippen molar-refractivity contribution < 1.29 is 4.79 Å². The molecule has 1 aromatic heterocycles. The van der Waals surface area contributed by atoms with Crippen molar-refractivity contribution in [2.75, 3.05) is 18.5 Å². The number of likely N-dealkylation sites (N-methyl/N-ethyl adjacent to an activating group) is 1. The van der Waals surface area contributed by atoms with E-state index in [0.29, 0.717) is 11.0 Å². The molecule has 1 amide bonds. The maximum Gasteiger partial charge on any atom is 0.242 e. The van der Waals surface area contributed by atoms with E-state index in [1.807, 2.05) is 4.90 Å². The maximum atomic E-state index is 11.6. The molecule has 1 aliphatic heterocycles. The fourth-order valence-electron chi connectivity index (χ4n) is 1.95. The van der Waals surface area contributed by atoms with Crippen LogP contribution >= 0.6 is 11.6 Å². The molecule has 1 fully saturated rings. The monoisotopic (exact) mass is 240 g/mol. The van der Waals surface area contributed by atoms with Gasteiger partial charge in [0.1, 0.15) is 17.0 Å². The van der Waals surface area contributed by atoms with E-state index in [1.165, 1.54) is 6.20 Å². The minimum absolute atomic E-state index is 0.0132. The number of nitrogens with one attached hydrogen (secondary N) is 1. The number of hydrogen-bond acceptors (Lipinski definition) is 4. The van der Waals surface area contributed by atoms with Crippen LogP contribution in [0.15, 0.2) is 12.4 Å². The van der Waals surface area contributed by atoms with Crippen LogP contribution in [0.3, 0.4) is 0 Å². The second kappa shape index (κ2) is 4.65. The summed E-state index contributed by atoms with van der Waals surface area (Å²) in [4.78, 5) is 21.7. The lowest BCUT2D eigenvalue weighted by Crippen LogP contribution is -2.42. The van der Waals surface area contributed by atoms with Crippen LogP contribution in [0.2, 0.25) is 5.15 Å². The SMILES string of the molecule is CNC(=O)C1CCCN1c1cncc(Cl)n1. The Morgan fingerprint density at radius 3 is 3.12 bits per heavy atom. The number of rotatable bonds is 2. The molecule has 0 bridgehead atoms. The fraction of sp³-hybridized carbons (Fsp3) is 0.500. The second-order valence-corrected chi connectivity index (χ2v) is 4.05. The van der Waals surface area contributed by atoms with Crippen LogP contribution in [-0.4, -0.2) is 35.5 Å². The summed E-state index contributed by atoms with van der Waals surface area (Å²) in [6.45, 7) is 0.813. The third-order valence-electron chi connectivity index (χ3n) is 2.69. The molecule has 2 rings (SSSR count). The molecule has 0 aliphatic carbocycles. The zero-order valence-electron chi connectivity index (χ0n) is 8.98. The van der Waals surface area contributed by atoms with Crippen molar-refractivity contribution in [1.82, 2.24) is 15.3 Å². The molecule has 1 unspecified atom stereocenters. The van der Waals surface area contributed by atoms with Crippen LogP contribution in [0.5, 0.6) is 0 Å². The number of halogens is 1. The first-order valence-corrected chi connectivity index (χ1v) is 5.56. The summed E-state index contributed by atoms with van der Waals surface area (Å²) in [7, 11) is 1.64. The topological polar surface area (TPSA) is 58.1 Å². The van der Waals surface area contributed by atoms with Gasteiger partial charge in [0.05, 0.1) is 12.4 Å². The summed E-state index contributed by atoms with van der Waals surface area (Å²) >= 11 is 5.78. The van der Waals surface area contributed by atoms with E-state index >= 15 is 0 Å². The van der Waals surface area contributed by atoms with E-state index < -0.39 is 0 Å². The first kappa shape index (κ1) is 11.1. The highest BCUT2D eigenvalue weighted by Gasteiger charge is 2.31. The van der Waals surface area contributed by atoms with E-state index in [0.717, 1.165) is 19.4 Å². The molecular weight excluding hydrogens is 228 g/mol. The molecule has 1 saturated heterocycles. The van der Waals surface area contributed by atoms with Crippen molar-refractivity contribution in [1.29, 1.82) is 0 Å². The Balaban J connectivity index is 2.23. The standard InChI is InChI=1S/C10H13ClN4O/c1-12-10(16)7-3-2-4-15(7)9-6-13-5-8(11)14-9/h5-7H,2-4H2,1H3,(H,12,16). The predicted octanol–water partition coefficient (Wildman–Crippen LogP) is 0.845. The van der Waals surface area contributed by atoms with Gasteiger partial charge in [-0.1, -0.05) is 11.6 Å². The van der Waals surface area contributed by atoms with Gasteiger partial charge in [-0.2, -0.15) is 0 Å². The van der Waals surface area contributed by atoms with E-state index in [-0.39, 0.29) is 11.9 Å². The highest BCUT2D eigenvalue weighted by molar-refractivity contribution is 6.29. The predicted molar refractivity (Wildman–Crippen MR) is 61.5 cm³/mol. The third kappa shape index (κ3) is 2.09. The number of nitrogens with zero attached hydrogens (tertiary/aromatic N) is 3. The summed E-state index contributed by atoms with van der Waals surface area (Å²) < 4.78 is 0. The summed E-state index contributed by atoms with van der Waals surface area (Å²) in [5.41, 5.74) is 0. The molecule has 6 heteroatoms. The molecule has 0 radical (unpaired) electrons. The van der Waals surface area contributed by atoms with Crippen LogP contribution in [-0.2, 0) is 4.79 Å². The summed E-state index contributed by atoms with van der Waals surface area (Å²) in [5.74, 6) is 0.679. The van der Waals surface area contributed by atoms with Gasteiger partial charge in [0.2, 0.25) is 5.91 Å². The lowest BCUT2D eigenvalue weighted by atomic mass is 10.2. The van der Waals surface area contributed by atoms with Crippen LogP contribution < -0.4 is 10.2 Å². The summed E-state index contributed by atoms with van der Waals surface area (Å²) in [6, 6.07) is -0.155. The van der Waals surface area contributed by atoms with Gasteiger partial charge < -0.3 is 10.2 Å². The van der Waals surface area contributed by atoms with Crippen molar-refractivity contribution >= 4 is 23.3 Å². The summed E-state index contributed by atoms with van der Waals surface area (Å²) in [5, 5.41) is 3.01. The number of anilines is 1. The lowest BCUT2D eigenvalue weighted by Gasteiger charge is -2.23. The minimum atomic E-state index is -0.155. The molecule has 1 aliphatic rings. The number of amides is 1. The highest BCUT2D eigenvalue weighted by atomic mass is 35.5. The first-order chi connectivity index (χ1) is 7.72. The van der Waals surface area contributed by atoms with Crippen molar-refractivity contribution in [3.05, 3.63) is 17.5 Å². The number of carbonyl (C=O) groups is 1. The highest BCUT2D eigenvalue weighted by Crippen LogP contribution is 2.24. The largest absolute Gasteiger partial charge is 0.357 e. The van der Waals surface area contributed by atoms with Crippen LogP contribution in [0.4, 0.5) is 5.82 Å². The molecule has 5 nitrogen and oxygen atoms in total. The van der Waals surface area contributed by atoms with Gasteiger partial charge in [0, 0.05) is 13.6 Å². The number of aromatic nitrogens is 2. The molecule has 1 aromatic rings. The van der Waals surface area contributed by atoms with Gasteiger partial charge in [-0.25, -0.2) is 4.98 Å². The normalized spacial score (nSPS) is 19.9. The molecule has 86 valence electrons. The molecule has 16 heavy (non-hydrogen) atoms. The molecule has 1 atom stereocenters. The van der Waals surface area contributed by atoms with Gasteiger partial charge >= 0.3 is 0 Å². The van der Waals surface area contributed by atoms with E-state index in [9.17, 15) is 4.79 Å². The van der Waals surface area contributed by atoms with Gasteiger partial charge in [0.25, 0.3) is 0 Å². The van der Waals surface area contributed by atoms with Crippen molar-refractivity contribution in [2.45, 2.75) is 18.9 Å². The van der Waals surface area contributed by atoms with E-state index in [4.69, 9.17) is 11.6 Å². The van der Waals surface area contributed by atoms with Gasteiger partial charge in [0.15, 0.2) is 0 Å². The Bertz CT molecular complexity index is 398. The van der Waals surface area contributed by atoms with Crippen LogP contribution in [0.1, 0.15) is 12.8 Å². The number of hydrogen-bond donors (Lipinski definition) is 1. The molecule has 0 spiro atoms. The smallest absolute Gasteiger partial charge is 0.242 e. The Morgan fingerprint density at radius 2 is 2.44 bits per heavy atom. The maximum absolute atomic E-state index is 11.6. The average Bonchev–Trinajstić information content (AvgIpc) is 2.77. The number of carbonyl (C=O) groups excluding carboxylic acids is 1. The molecule has 2 heterocycles. The van der Waals surface area contributed by atoms with Crippen molar-refractivity contribution in [3.63, 3.8) is 0 Å². The Morgan fingerprint density at radius 1 is 1.62 bits per heavy atom. The van der Waals surface area contributed by atoms with E-state index in [2.05, 4.69) is 15.3 Å². The van der Waals surface area contributed by atoms with Crippen LogP contribution in [0, 0.1) is 0 Å². The minimum Gasteiger partial charge on any atom is -0.357 e. The first-order valence-electron chi connectivity index (χ1n) is 5.18. The average molecular weight is 241 g/mol. The zero-order valence-corrected chi connectivity index (χ0v) is 9.74. The Labute approximate surface area is 98.8 Å². The third-order valence-corrected chi connectivity index (χ3v) is 2.87. The Hall–Kier alpha value is -1.36. The molecule has 0 saturated carbocycles. The van der Waals surface area contributed by atoms with Crippen molar-refractivity contribution in [2.24, 2.45) is 0 Å². The quantitative estimate of drug-likeness (QED) is 0.833. The molecule has 0 aromatic carbocycles. The van der Waals surface area contributed by atoms with Crippen molar-refractivity contribution in [3.8, 4) is 0 Å². The van der Waals surface area contributed by atoms with E-state index in [1.54, 1.807) is 13.2 Å².